The quantitative estimate of drug-likeness (QED) is 0.353. The third-order valence-electron chi connectivity index (χ3n) is 5.36. The van der Waals surface area contributed by atoms with Crippen molar-refractivity contribution in [2.24, 2.45) is 4.99 Å². The summed E-state index contributed by atoms with van der Waals surface area (Å²) in [6, 6.07) is 6.90. The molecule has 0 amide bonds. The Morgan fingerprint density at radius 3 is 2.54 bits per heavy atom. The van der Waals surface area contributed by atoms with Crippen molar-refractivity contribution in [3.05, 3.63) is 35.6 Å². The van der Waals surface area contributed by atoms with Crippen LogP contribution in [0.4, 0.5) is 4.39 Å². The standard InChI is InChI=1S/C20H31FN4O2.HI/c1-20(8-3-11-27-20)15-24-19(22-2)23-14-18(25-9-12-26-13-10-25)16-4-6-17(21)7-5-16;/h4-7,18H,3,8-15H2,1-2H3,(H2,22,23,24);1H. The first kappa shape index (κ1) is 23.3. The topological polar surface area (TPSA) is 58.1 Å². The van der Waals surface area contributed by atoms with Gasteiger partial charge in [0.15, 0.2) is 5.96 Å². The van der Waals surface area contributed by atoms with E-state index in [4.69, 9.17) is 9.47 Å². The summed E-state index contributed by atoms with van der Waals surface area (Å²) in [5, 5.41) is 6.81. The number of hydrogen-bond acceptors (Lipinski definition) is 4. The second-order valence-electron chi connectivity index (χ2n) is 7.42. The number of benzene rings is 1. The minimum absolute atomic E-state index is 0. The Bertz CT molecular complexity index is 617. The van der Waals surface area contributed by atoms with E-state index in [0.29, 0.717) is 6.54 Å². The molecule has 158 valence electrons. The van der Waals surface area contributed by atoms with Gasteiger partial charge in [-0.2, -0.15) is 0 Å². The average molecular weight is 506 g/mol. The van der Waals surface area contributed by atoms with Gasteiger partial charge in [0.05, 0.1) is 24.9 Å². The third kappa shape index (κ3) is 6.53. The number of hydrogen-bond donors (Lipinski definition) is 2. The van der Waals surface area contributed by atoms with Gasteiger partial charge < -0.3 is 20.1 Å². The van der Waals surface area contributed by atoms with Crippen LogP contribution >= 0.6 is 24.0 Å². The van der Waals surface area contributed by atoms with E-state index in [-0.39, 0.29) is 41.4 Å². The van der Waals surface area contributed by atoms with Crippen LogP contribution in [0.2, 0.25) is 0 Å². The van der Waals surface area contributed by atoms with E-state index in [1.54, 1.807) is 7.05 Å². The van der Waals surface area contributed by atoms with Crippen molar-refractivity contribution in [1.82, 2.24) is 15.5 Å². The normalized spacial score (nSPS) is 24.5. The van der Waals surface area contributed by atoms with Crippen molar-refractivity contribution in [1.29, 1.82) is 0 Å². The lowest BCUT2D eigenvalue weighted by Crippen LogP contribution is -2.49. The maximum Gasteiger partial charge on any atom is 0.191 e. The molecule has 2 aliphatic rings. The van der Waals surface area contributed by atoms with E-state index >= 15 is 0 Å². The number of nitrogens with zero attached hydrogens (tertiary/aromatic N) is 2. The fourth-order valence-corrected chi connectivity index (χ4v) is 3.69. The molecule has 0 aliphatic carbocycles. The van der Waals surface area contributed by atoms with Gasteiger partial charge in [-0.05, 0) is 37.5 Å². The van der Waals surface area contributed by atoms with Gasteiger partial charge in [-0.25, -0.2) is 4.39 Å². The van der Waals surface area contributed by atoms with Crippen molar-refractivity contribution >= 4 is 29.9 Å². The molecule has 1 aromatic rings. The molecular weight excluding hydrogens is 474 g/mol. The Morgan fingerprint density at radius 2 is 1.93 bits per heavy atom. The average Bonchev–Trinajstić information content (AvgIpc) is 3.13. The Morgan fingerprint density at radius 1 is 1.21 bits per heavy atom. The lowest BCUT2D eigenvalue weighted by Gasteiger charge is -2.35. The van der Waals surface area contributed by atoms with Gasteiger partial charge in [0, 0.05) is 39.8 Å². The molecule has 0 saturated carbocycles. The van der Waals surface area contributed by atoms with Crippen LogP contribution in [0, 0.1) is 5.82 Å². The molecule has 2 heterocycles. The highest BCUT2D eigenvalue weighted by atomic mass is 127. The largest absolute Gasteiger partial charge is 0.379 e. The third-order valence-corrected chi connectivity index (χ3v) is 5.36. The van der Waals surface area contributed by atoms with E-state index in [2.05, 4.69) is 27.4 Å². The zero-order chi connectivity index (χ0) is 19.1. The SMILES string of the molecule is CN=C(NCC(c1ccc(F)cc1)N1CCOCC1)NCC1(C)CCCO1.I. The predicted molar refractivity (Wildman–Crippen MR) is 120 cm³/mol. The van der Waals surface area contributed by atoms with Crippen molar-refractivity contribution in [2.75, 3.05) is 53.0 Å². The Balaban J connectivity index is 0.00000280. The number of guanidine groups is 1. The molecule has 2 saturated heterocycles. The number of ether oxygens (including phenoxy) is 2. The van der Waals surface area contributed by atoms with Crippen LogP contribution in [0.25, 0.3) is 0 Å². The number of halogens is 2. The van der Waals surface area contributed by atoms with Crippen molar-refractivity contribution in [3.8, 4) is 0 Å². The van der Waals surface area contributed by atoms with Crippen LogP contribution in [0.1, 0.15) is 31.4 Å². The summed E-state index contributed by atoms with van der Waals surface area (Å²) in [6.07, 6.45) is 2.16. The van der Waals surface area contributed by atoms with Gasteiger partial charge in [-0.1, -0.05) is 12.1 Å². The molecule has 0 aromatic heterocycles. The van der Waals surface area contributed by atoms with Crippen LogP contribution in [0.15, 0.2) is 29.3 Å². The highest BCUT2D eigenvalue weighted by Crippen LogP contribution is 2.24. The van der Waals surface area contributed by atoms with Crippen LogP contribution in [-0.2, 0) is 9.47 Å². The van der Waals surface area contributed by atoms with Gasteiger partial charge in [-0.15, -0.1) is 24.0 Å². The number of morpholine rings is 1. The molecule has 0 spiro atoms. The fraction of sp³-hybridized carbons (Fsp3) is 0.650. The molecule has 6 nitrogen and oxygen atoms in total. The Hall–Kier alpha value is -0.970. The van der Waals surface area contributed by atoms with Gasteiger partial charge in [0.2, 0.25) is 0 Å². The van der Waals surface area contributed by atoms with Crippen molar-refractivity contribution < 1.29 is 13.9 Å². The maximum absolute atomic E-state index is 13.4. The molecule has 2 aliphatic heterocycles. The molecule has 0 radical (unpaired) electrons. The molecule has 2 N–H and O–H groups in total. The summed E-state index contributed by atoms with van der Waals surface area (Å²) in [5.41, 5.74) is 0.963. The highest BCUT2D eigenvalue weighted by molar-refractivity contribution is 14.0. The van der Waals surface area contributed by atoms with Crippen LogP contribution in [0.3, 0.4) is 0 Å². The van der Waals surface area contributed by atoms with E-state index in [1.165, 1.54) is 12.1 Å². The van der Waals surface area contributed by atoms with E-state index in [9.17, 15) is 4.39 Å². The second-order valence-corrected chi connectivity index (χ2v) is 7.42. The van der Waals surface area contributed by atoms with E-state index < -0.39 is 0 Å². The Kier molecular flexibility index (Phi) is 9.39. The molecular formula is C20H32FIN4O2. The van der Waals surface area contributed by atoms with Crippen LogP contribution in [-0.4, -0.2) is 69.5 Å². The van der Waals surface area contributed by atoms with Gasteiger partial charge in [0.1, 0.15) is 5.82 Å². The second kappa shape index (κ2) is 11.3. The van der Waals surface area contributed by atoms with Gasteiger partial charge in [-0.3, -0.25) is 9.89 Å². The summed E-state index contributed by atoms with van der Waals surface area (Å²) in [4.78, 5) is 6.71. The first-order chi connectivity index (χ1) is 13.1. The molecule has 0 bridgehead atoms. The lowest BCUT2D eigenvalue weighted by atomic mass is 10.0. The minimum Gasteiger partial charge on any atom is -0.379 e. The van der Waals surface area contributed by atoms with Gasteiger partial charge in [0.25, 0.3) is 0 Å². The number of rotatable bonds is 6. The maximum atomic E-state index is 13.4. The van der Waals surface area contributed by atoms with Crippen LogP contribution < -0.4 is 10.6 Å². The lowest BCUT2D eigenvalue weighted by molar-refractivity contribution is 0.0167. The number of aliphatic imine (C=N–C) groups is 1. The van der Waals surface area contributed by atoms with E-state index in [0.717, 1.165) is 63.8 Å². The van der Waals surface area contributed by atoms with Crippen LogP contribution in [0.5, 0.6) is 0 Å². The molecule has 1 aromatic carbocycles. The van der Waals surface area contributed by atoms with Crippen molar-refractivity contribution in [2.45, 2.75) is 31.4 Å². The summed E-state index contributed by atoms with van der Waals surface area (Å²) in [7, 11) is 1.77. The van der Waals surface area contributed by atoms with Crippen molar-refractivity contribution in [3.63, 3.8) is 0 Å². The van der Waals surface area contributed by atoms with Gasteiger partial charge >= 0.3 is 0 Å². The molecule has 3 rings (SSSR count). The predicted octanol–water partition coefficient (Wildman–Crippen LogP) is 2.55. The monoisotopic (exact) mass is 506 g/mol. The number of nitrogens with one attached hydrogen (secondary N) is 2. The first-order valence-electron chi connectivity index (χ1n) is 9.75. The minimum atomic E-state index is -0.213. The smallest absolute Gasteiger partial charge is 0.191 e. The van der Waals surface area contributed by atoms with E-state index in [1.807, 2.05) is 12.1 Å². The first-order valence-corrected chi connectivity index (χ1v) is 9.75. The Labute approximate surface area is 184 Å². The zero-order valence-electron chi connectivity index (χ0n) is 16.7. The summed E-state index contributed by atoms with van der Waals surface area (Å²) in [6.45, 7) is 7.54. The fourth-order valence-electron chi connectivity index (χ4n) is 3.69. The summed E-state index contributed by atoms with van der Waals surface area (Å²) in [5.74, 6) is 0.543. The molecule has 8 heteroatoms. The molecule has 2 unspecified atom stereocenters. The molecule has 28 heavy (non-hydrogen) atoms. The zero-order valence-corrected chi connectivity index (χ0v) is 19.1. The summed E-state index contributed by atoms with van der Waals surface area (Å²) >= 11 is 0. The molecule has 2 atom stereocenters. The molecule has 2 fully saturated rings. The highest BCUT2D eigenvalue weighted by Gasteiger charge is 2.30. The summed E-state index contributed by atoms with van der Waals surface area (Å²) < 4.78 is 24.7.